The van der Waals surface area contributed by atoms with Gasteiger partial charge in [0, 0.05) is 12.3 Å². The van der Waals surface area contributed by atoms with Crippen molar-refractivity contribution in [2.45, 2.75) is 25.4 Å². The van der Waals surface area contributed by atoms with E-state index in [1.165, 1.54) is 11.1 Å². The first-order valence-electron chi connectivity index (χ1n) is 4.78. The first kappa shape index (κ1) is 10.0. The van der Waals surface area contributed by atoms with Gasteiger partial charge in [-0.15, -0.1) is 4.18 Å². The molecule has 0 saturated carbocycles. The van der Waals surface area contributed by atoms with E-state index in [2.05, 4.69) is 31.2 Å². The van der Waals surface area contributed by atoms with Crippen molar-refractivity contribution in [3.05, 3.63) is 35.4 Å². The summed E-state index contributed by atoms with van der Waals surface area (Å²) in [5, 5.41) is 0. The highest BCUT2D eigenvalue weighted by Crippen LogP contribution is 2.35. The zero-order valence-electron chi connectivity index (χ0n) is 8.43. The van der Waals surface area contributed by atoms with Crippen LogP contribution in [0.5, 0.6) is 0 Å². The molecule has 0 radical (unpaired) electrons. The van der Waals surface area contributed by atoms with E-state index in [1.54, 1.807) is 6.26 Å². The lowest BCUT2D eigenvalue weighted by molar-refractivity contribution is 0.201. The van der Waals surface area contributed by atoms with E-state index >= 15 is 0 Å². The molecule has 0 saturated heterocycles. The van der Waals surface area contributed by atoms with E-state index in [1.807, 2.05) is 0 Å². The van der Waals surface area contributed by atoms with Gasteiger partial charge < -0.3 is 0 Å². The average Bonchev–Trinajstić information content (AvgIpc) is 2.44. The van der Waals surface area contributed by atoms with Crippen LogP contribution in [0.4, 0.5) is 0 Å². The van der Waals surface area contributed by atoms with E-state index < -0.39 is 11.5 Å². The highest BCUT2D eigenvalue weighted by atomic mass is 32.2. The van der Waals surface area contributed by atoms with Crippen LogP contribution in [0.3, 0.4) is 0 Å². The van der Waals surface area contributed by atoms with Gasteiger partial charge in [0.05, 0.1) is 0 Å². The second-order valence-electron chi connectivity index (χ2n) is 3.75. The molecule has 1 aromatic rings. The Kier molecular flexibility index (Phi) is 2.81. The monoisotopic (exact) mass is 211 g/mol. The van der Waals surface area contributed by atoms with Gasteiger partial charge in [-0.05, 0) is 11.1 Å². The summed E-state index contributed by atoms with van der Waals surface area (Å²) >= 11 is -0.914. The minimum absolute atomic E-state index is 0.144. The minimum atomic E-state index is -0.914. The Balaban J connectivity index is 2.17. The van der Waals surface area contributed by atoms with Crippen molar-refractivity contribution < 1.29 is 8.74 Å². The maximum atomic E-state index is 9.22. The van der Waals surface area contributed by atoms with Crippen LogP contribution in [0.1, 0.15) is 24.0 Å². The van der Waals surface area contributed by atoms with Crippen LogP contribution >= 0.6 is 0 Å². The number of fused-ring (bicyclic) bond motifs is 1. The highest BCUT2D eigenvalue weighted by molar-refractivity contribution is 7.86. The van der Waals surface area contributed by atoms with Gasteiger partial charge in [-0.25, -0.2) is 0 Å². The fourth-order valence-electron chi connectivity index (χ4n) is 2.05. The summed E-state index contributed by atoms with van der Waals surface area (Å²) in [6, 6.07) is 8.40. The van der Waals surface area contributed by atoms with E-state index in [-0.39, 0.29) is 6.10 Å². The SMILES string of the molecule is CC1c2ccccc2CC1O[S+](C)O. The summed E-state index contributed by atoms with van der Waals surface area (Å²) in [5.74, 6) is 0.397. The number of rotatable bonds is 2. The third-order valence-electron chi connectivity index (χ3n) is 2.79. The zero-order chi connectivity index (χ0) is 10.1. The topological polar surface area (TPSA) is 29.5 Å². The summed E-state index contributed by atoms with van der Waals surface area (Å²) in [6.07, 6.45) is 2.76. The molecule has 2 nitrogen and oxygen atoms in total. The fourth-order valence-corrected chi connectivity index (χ4v) is 2.65. The van der Waals surface area contributed by atoms with Crippen molar-refractivity contribution in [1.82, 2.24) is 0 Å². The molecule has 0 amide bonds. The quantitative estimate of drug-likeness (QED) is 0.761. The molecule has 1 aliphatic carbocycles. The molecule has 76 valence electrons. The van der Waals surface area contributed by atoms with Crippen LogP contribution in [0.15, 0.2) is 24.3 Å². The van der Waals surface area contributed by atoms with Crippen LogP contribution in [-0.2, 0) is 22.1 Å². The van der Waals surface area contributed by atoms with Gasteiger partial charge in [-0.1, -0.05) is 31.2 Å². The van der Waals surface area contributed by atoms with Gasteiger partial charge >= 0.3 is 11.5 Å². The molecule has 0 aromatic heterocycles. The maximum Gasteiger partial charge on any atom is 0.309 e. The molecule has 2 rings (SSSR count). The standard InChI is InChI=1S/C11H15O2S/c1-8-10-6-4-3-5-9(10)7-11(8)13-14(2)12/h3-6,8,11-12H,7H2,1-2H3/q+1. The maximum absolute atomic E-state index is 9.22. The van der Waals surface area contributed by atoms with Gasteiger partial charge in [-0.2, -0.15) is 4.55 Å². The zero-order valence-corrected chi connectivity index (χ0v) is 9.25. The van der Waals surface area contributed by atoms with Crippen molar-refractivity contribution in [2.75, 3.05) is 6.26 Å². The second-order valence-corrected chi connectivity index (χ2v) is 4.79. The first-order valence-corrected chi connectivity index (χ1v) is 6.30. The summed E-state index contributed by atoms with van der Waals surface area (Å²) in [4.78, 5) is 0. The summed E-state index contributed by atoms with van der Waals surface area (Å²) < 4.78 is 14.7. The van der Waals surface area contributed by atoms with Gasteiger partial charge in [0.2, 0.25) is 0 Å². The van der Waals surface area contributed by atoms with Crippen molar-refractivity contribution in [3.63, 3.8) is 0 Å². The van der Waals surface area contributed by atoms with Gasteiger partial charge in [0.15, 0.2) is 6.26 Å². The smallest absolute Gasteiger partial charge is 0.155 e. The molecule has 0 heterocycles. The predicted octanol–water partition coefficient (Wildman–Crippen LogP) is 2.37. The largest absolute Gasteiger partial charge is 0.309 e. The molecular weight excluding hydrogens is 196 g/mol. The molecule has 0 fully saturated rings. The third-order valence-corrected chi connectivity index (χ3v) is 3.31. The predicted molar refractivity (Wildman–Crippen MR) is 59.4 cm³/mol. The fraction of sp³-hybridized carbons (Fsp3) is 0.455. The lowest BCUT2D eigenvalue weighted by Crippen LogP contribution is -2.20. The summed E-state index contributed by atoms with van der Waals surface area (Å²) in [6.45, 7) is 2.16. The molecule has 0 bridgehead atoms. The Morgan fingerprint density at radius 1 is 1.43 bits per heavy atom. The van der Waals surface area contributed by atoms with Gasteiger partial charge in [0.1, 0.15) is 6.10 Å². The van der Waals surface area contributed by atoms with Crippen LogP contribution in [-0.4, -0.2) is 16.9 Å². The van der Waals surface area contributed by atoms with Crippen LogP contribution in [0, 0.1) is 0 Å². The van der Waals surface area contributed by atoms with E-state index in [0.29, 0.717) is 5.92 Å². The average molecular weight is 211 g/mol. The summed E-state index contributed by atoms with van der Waals surface area (Å²) in [5.41, 5.74) is 2.72. The van der Waals surface area contributed by atoms with Gasteiger partial charge in [0.25, 0.3) is 0 Å². The number of hydrogen-bond donors (Lipinski definition) is 1. The molecule has 0 spiro atoms. The molecule has 3 unspecified atom stereocenters. The molecule has 1 aromatic carbocycles. The highest BCUT2D eigenvalue weighted by Gasteiger charge is 2.34. The van der Waals surface area contributed by atoms with Crippen molar-refractivity contribution >= 4 is 11.5 Å². The molecule has 1 aliphatic rings. The normalized spacial score (nSPS) is 27.4. The van der Waals surface area contributed by atoms with Crippen molar-refractivity contribution in [1.29, 1.82) is 0 Å². The van der Waals surface area contributed by atoms with Crippen LogP contribution < -0.4 is 0 Å². The van der Waals surface area contributed by atoms with Crippen LogP contribution in [0.25, 0.3) is 0 Å². The Morgan fingerprint density at radius 2 is 2.14 bits per heavy atom. The lowest BCUT2D eigenvalue weighted by atomic mass is 10.0. The second kappa shape index (κ2) is 3.93. The molecule has 14 heavy (non-hydrogen) atoms. The molecule has 0 aliphatic heterocycles. The minimum Gasteiger partial charge on any atom is -0.155 e. The molecule has 1 N–H and O–H groups in total. The van der Waals surface area contributed by atoms with E-state index in [4.69, 9.17) is 4.18 Å². The van der Waals surface area contributed by atoms with E-state index in [9.17, 15) is 4.55 Å². The van der Waals surface area contributed by atoms with Crippen molar-refractivity contribution in [3.8, 4) is 0 Å². The third kappa shape index (κ3) is 1.80. The van der Waals surface area contributed by atoms with Gasteiger partial charge in [-0.3, -0.25) is 0 Å². The molecule has 3 atom stereocenters. The molecule has 3 heteroatoms. The number of benzene rings is 1. The Labute approximate surface area is 87.7 Å². The van der Waals surface area contributed by atoms with E-state index in [0.717, 1.165) is 6.42 Å². The molecular formula is C11H15O2S+. The Hall–Kier alpha value is -0.510. The Morgan fingerprint density at radius 3 is 2.79 bits per heavy atom. The number of hydrogen-bond acceptors (Lipinski definition) is 2. The lowest BCUT2D eigenvalue weighted by Gasteiger charge is -2.10. The van der Waals surface area contributed by atoms with Crippen molar-refractivity contribution in [2.24, 2.45) is 0 Å². The Bertz CT molecular complexity index is 325. The summed E-state index contributed by atoms with van der Waals surface area (Å²) in [7, 11) is 0. The van der Waals surface area contributed by atoms with Crippen LogP contribution in [0.2, 0.25) is 0 Å². The first-order chi connectivity index (χ1) is 6.68.